The predicted octanol–water partition coefficient (Wildman–Crippen LogP) is 3.07. The number of hydrogen-bond acceptors (Lipinski definition) is 4. The van der Waals surface area contributed by atoms with Gasteiger partial charge < -0.3 is 5.32 Å². The largest absolute Gasteiger partial charge is 0.333 e. The van der Waals surface area contributed by atoms with Gasteiger partial charge in [-0.15, -0.1) is 0 Å². The fourth-order valence-corrected chi connectivity index (χ4v) is 2.62. The summed E-state index contributed by atoms with van der Waals surface area (Å²) >= 11 is 1.80. The van der Waals surface area contributed by atoms with Crippen LogP contribution in [0.5, 0.6) is 0 Å². The summed E-state index contributed by atoms with van der Waals surface area (Å²) in [5.41, 5.74) is 2.27. The Labute approximate surface area is 101 Å². The number of amidine groups is 1. The Morgan fingerprint density at radius 1 is 1.56 bits per heavy atom. The summed E-state index contributed by atoms with van der Waals surface area (Å²) in [7, 11) is 0. The smallest absolute Gasteiger partial charge is 0.161 e. The summed E-state index contributed by atoms with van der Waals surface area (Å²) in [5.74, 6) is 1.16. The molecule has 1 aliphatic heterocycles. The molecule has 0 spiro atoms. The number of pyridine rings is 1. The average molecular weight is 235 g/mol. The zero-order valence-electron chi connectivity index (χ0n) is 9.73. The lowest BCUT2D eigenvalue weighted by Gasteiger charge is -2.20. The predicted molar refractivity (Wildman–Crippen MR) is 71.2 cm³/mol. The number of rotatable bonds is 2. The molecule has 0 aromatic carbocycles. The van der Waals surface area contributed by atoms with Crippen molar-refractivity contribution in [1.29, 1.82) is 0 Å². The van der Waals surface area contributed by atoms with E-state index in [0.717, 1.165) is 23.0 Å². The number of thioether (sulfide) groups is 1. The maximum Gasteiger partial charge on any atom is 0.161 e. The molecule has 0 fully saturated rings. The molecule has 0 radical (unpaired) electrons. The van der Waals surface area contributed by atoms with E-state index in [-0.39, 0.29) is 0 Å². The first-order chi connectivity index (χ1) is 7.79. The molecule has 0 saturated heterocycles. The van der Waals surface area contributed by atoms with Crippen LogP contribution in [-0.2, 0) is 0 Å². The summed E-state index contributed by atoms with van der Waals surface area (Å²) in [6.07, 6.45) is 5.98. The lowest BCUT2D eigenvalue weighted by Crippen LogP contribution is -2.19. The van der Waals surface area contributed by atoms with Gasteiger partial charge in [0.05, 0.1) is 17.9 Å². The molecular formula is C12H17N3S. The Morgan fingerprint density at radius 3 is 3.19 bits per heavy atom. The summed E-state index contributed by atoms with van der Waals surface area (Å²) < 4.78 is 0. The number of anilines is 1. The van der Waals surface area contributed by atoms with Crippen LogP contribution in [0.2, 0.25) is 0 Å². The van der Waals surface area contributed by atoms with Gasteiger partial charge in [0.15, 0.2) is 5.17 Å². The molecule has 86 valence electrons. The van der Waals surface area contributed by atoms with Crippen molar-refractivity contribution in [2.24, 2.45) is 4.99 Å². The molecule has 0 saturated carbocycles. The molecule has 0 amide bonds. The third-order valence-electron chi connectivity index (χ3n) is 2.74. The van der Waals surface area contributed by atoms with Crippen molar-refractivity contribution in [1.82, 2.24) is 4.98 Å². The maximum atomic E-state index is 4.68. The van der Waals surface area contributed by atoms with E-state index in [1.165, 1.54) is 12.0 Å². The number of nitrogens with one attached hydrogen (secondary N) is 1. The molecule has 0 aliphatic carbocycles. The molecular weight excluding hydrogens is 218 g/mol. The fraction of sp³-hybridized carbons (Fsp3) is 0.500. The summed E-state index contributed by atoms with van der Waals surface area (Å²) in [6.45, 7) is 4.27. The highest BCUT2D eigenvalue weighted by atomic mass is 32.2. The van der Waals surface area contributed by atoms with Crippen molar-refractivity contribution >= 4 is 22.6 Å². The van der Waals surface area contributed by atoms with Crippen LogP contribution in [-0.4, -0.2) is 21.9 Å². The number of nitrogens with zero attached hydrogens (tertiary/aromatic N) is 2. The van der Waals surface area contributed by atoms with E-state index in [4.69, 9.17) is 0 Å². The molecule has 16 heavy (non-hydrogen) atoms. The number of aryl methyl sites for hydroxylation is 1. The van der Waals surface area contributed by atoms with Crippen LogP contribution >= 0.6 is 11.8 Å². The first-order valence-electron chi connectivity index (χ1n) is 5.68. The third kappa shape index (κ3) is 2.76. The van der Waals surface area contributed by atoms with Gasteiger partial charge >= 0.3 is 0 Å². The highest BCUT2D eigenvalue weighted by Gasteiger charge is 2.14. The molecule has 1 atom stereocenters. The third-order valence-corrected chi connectivity index (χ3v) is 3.66. The fourth-order valence-electron chi connectivity index (χ4n) is 1.63. The minimum Gasteiger partial charge on any atom is -0.333 e. The first-order valence-corrected chi connectivity index (χ1v) is 6.66. The van der Waals surface area contributed by atoms with Crippen molar-refractivity contribution in [3.63, 3.8) is 0 Å². The van der Waals surface area contributed by atoms with Crippen LogP contribution in [0.25, 0.3) is 0 Å². The normalized spacial score (nSPS) is 20.4. The second kappa shape index (κ2) is 5.34. The second-order valence-corrected chi connectivity index (χ2v) is 5.03. The minimum absolute atomic E-state index is 0.487. The molecule has 1 N–H and O–H groups in total. The minimum atomic E-state index is 0.487. The van der Waals surface area contributed by atoms with Gasteiger partial charge in [-0.25, -0.2) is 0 Å². The van der Waals surface area contributed by atoms with Crippen LogP contribution < -0.4 is 5.32 Å². The van der Waals surface area contributed by atoms with Crippen LogP contribution in [0.15, 0.2) is 23.5 Å². The van der Waals surface area contributed by atoms with E-state index in [9.17, 15) is 0 Å². The SMILES string of the molecule is CCC1CCSC(Nc2cnccc2C)=N1. The lowest BCUT2D eigenvalue weighted by molar-refractivity contribution is 0.634. The molecule has 3 nitrogen and oxygen atoms in total. The standard InChI is InChI=1S/C12H17N3S/c1-3-10-5-7-16-12(14-10)15-11-8-13-6-4-9(11)2/h4,6,8,10H,3,5,7H2,1-2H3,(H,14,15). The molecule has 4 heteroatoms. The summed E-state index contributed by atoms with van der Waals surface area (Å²) in [5, 5.41) is 4.40. The van der Waals surface area contributed by atoms with Gasteiger partial charge in [-0.3, -0.25) is 9.98 Å². The van der Waals surface area contributed by atoms with E-state index in [0.29, 0.717) is 6.04 Å². The zero-order valence-corrected chi connectivity index (χ0v) is 10.5. The summed E-state index contributed by atoms with van der Waals surface area (Å²) in [6, 6.07) is 2.49. The van der Waals surface area contributed by atoms with E-state index in [1.807, 2.05) is 18.5 Å². The van der Waals surface area contributed by atoms with Crippen molar-refractivity contribution in [3.05, 3.63) is 24.0 Å². The number of hydrogen-bond donors (Lipinski definition) is 1. The van der Waals surface area contributed by atoms with Crippen molar-refractivity contribution in [2.45, 2.75) is 32.7 Å². The van der Waals surface area contributed by atoms with Gasteiger partial charge in [0.25, 0.3) is 0 Å². The van der Waals surface area contributed by atoms with E-state index in [2.05, 4.69) is 29.1 Å². The Bertz CT molecular complexity index is 390. The highest BCUT2D eigenvalue weighted by Crippen LogP contribution is 2.22. The van der Waals surface area contributed by atoms with Gasteiger partial charge in [0, 0.05) is 11.9 Å². The van der Waals surface area contributed by atoms with Gasteiger partial charge in [0.2, 0.25) is 0 Å². The van der Waals surface area contributed by atoms with Crippen molar-refractivity contribution in [3.8, 4) is 0 Å². The molecule has 2 heterocycles. The number of aliphatic imine (C=N–C) groups is 1. The van der Waals surface area contributed by atoms with Gasteiger partial charge in [0.1, 0.15) is 0 Å². The van der Waals surface area contributed by atoms with E-state index in [1.54, 1.807) is 11.8 Å². The molecule has 2 rings (SSSR count). The highest BCUT2D eigenvalue weighted by molar-refractivity contribution is 8.14. The van der Waals surface area contributed by atoms with Gasteiger partial charge in [-0.2, -0.15) is 0 Å². The van der Waals surface area contributed by atoms with E-state index < -0.39 is 0 Å². The van der Waals surface area contributed by atoms with Crippen LogP contribution in [0.1, 0.15) is 25.3 Å². The first kappa shape index (κ1) is 11.5. The topological polar surface area (TPSA) is 37.3 Å². The van der Waals surface area contributed by atoms with Crippen molar-refractivity contribution in [2.75, 3.05) is 11.1 Å². The maximum absolute atomic E-state index is 4.68. The number of aromatic nitrogens is 1. The molecule has 1 aromatic heterocycles. The Kier molecular flexibility index (Phi) is 3.83. The molecule has 1 unspecified atom stereocenters. The van der Waals surface area contributed by atoms with Crippen molar-refractivity contribution < 1.29 is 0 Å². The van der Waals surface area contributed by atoms with Crippen LogP contribution in [0, 0.1) is 6.92 Å². The monoisotopic (exact) mass is 235 g/mol. The van der Waals surface area contributed by atoms with Crippen LogP contribution in [0.4, 0.5) is 5.69 Å². The quantitative estimate of drug-likeness (QED) is 0.856. The van der Waals surface area contributed by atoms with Gasteiger partial charge in [-0.1, -0.05) is 18.7 Å². The molecule has 1 aromatic rings. The lowest BCUT2D eigenvalue weighted by atomic mass is 10.2. The van der Waals surface area contributed by atoms with Crippen LogP contribution in [0.3, 0.4) is 0 Å². The van der Waals surface area contributed by atoms with E-state index >= 15 is 0 Å². The Morgan fingerprint density at radius 2 is 2.44 bits per heavy atom. The average Bonchev–Trinajstić information content (AvgIpc) is 2.32. The second-order valence-electron chi connectivity index (χ2n) is 3.95. The zero-order chi connectivity index (χ0) is 11.4. The van der Waals surface area contributed by atoms with Gasteiger partial charge in [-0.05, 0) is 31.4 Å². The summed E-state index contributed by atoms with van der Waals surface area (Å²) in [4.78, 5) is 8.80. The molecule has 1 aliphatic rings. The Balaban J connectivity index is 2.10. The molecule has 0 bridgehead atoms. The Hall–Kier alpha value is -1.03.